The van der Waals surface area contributed by atoms with E-state index in [2.05, 4.69) is 6.92 Å². The Balaban J connectivity index is 3.83. The van der Waals surface area contributed by atoms with E-state index in [1.165, 1.54) is 0 Å². The van der Waals surface area contributed by atoms with Crippen LogP contribution in [0.3, 0.4) is 0 Å². The predicted molar refractivity (Wildman–Crippen MR) is 69.6 cm³/mol. The van der Waals surface area contributed by atoms with Crippen molar-refractivity contribution in [2.75, 3.05) is 0 Å². The highest BCUT2D eigenvalue weighted by Crippen LogP contribution is 2.14. The Morgan fingerprint density at radius 3 is 1.94 bits per heavy atom. The van der Waals surface area contributed by atoms with Crippen molar-refractivity contribution < 1.29 is 15.3 Å². The van der Waals surface area contributed by atoms with Gasteiger partial charge in [0.25, 0.3) is 0 Å². The van der Waals surface area contributed by atoms with Crippen molar-refractivity contribution in [3.05, 3.63) is 0 Å². The Kier molecular flexibility index (Phi) is 8.78. The van der Waals surface area contributed by atoms with E-state index < -0.39 is 18.3 Å². The van der Waals surface area contributed by atoms with Gasteiger partial charge in [-0.25, -0.2) is 0 Å². The fraction of sp³-hybridized carbons (Fsp3) is 1.00. The van der Waals surface area contributed by atoms with Crippen LogP contribution in [-0.2, 0) is 0 Å². The van der Waals surface area contributed by atoms with Crippen LogP contribution in [0.1, 0.15) is 52.9 Å². The lowest BCUT2D eigenvalue weighted by Crippen LogP contribution is -2.30. The maximum atomic E-state index is 9.75. The van der Waals surface area contributed by atoms with Gasteiger partial charge in [-0.2, -0.15) is 0 Å². The first-order valence-electron chi connectivity index (χ1n) is 6.66. The molecule has 4 nitrogen and oxygen atoms in total. The average Bonchev–Trinajstić information content (AvgIpc) is 2.16. The zero-order chi connectivity index (χ0) is 13.4. The molecule has 0 radical (unpaired) electrons. The highest BCUT2D eigenvalue weighted by atomic mass is 16.3. The lowest BCUT2D eigenvalue weighted by atomic mass is 9.95. The minimum absolute atomic E-state index is 0.00257. The van der Waals surface area contributed by atoms with Crippen LogP contribution in [0.2, 0.25) is 0 Å². The molecule has 0 bridgehead atoms. The number of aliphatic hydroxyl groups excluding tert-OH is 3. The molecule has 0 saturated heterocycles. The summed E-state index contributed by atoms with van der Waals surface area (Å²) in [6, 6.07) is -0.00257. The Labute approximate surface area is 105 Å². The fourth-order valence-electron chi connectivity index (χ4n) is 1.90. The third kappa shape index (κ3) is 8.55. The summed E-state index contributed by atoms with van der Waals surface area (Å²) in [5.74, 6) is 0.129. The maximum Gasteiger partial charge on any atom is 0.0589 e. The SMILES string of the molecule is CCCC(N)CC(O)CC(O)CC(O)C(C)C. The van der Waals surface area contributed by atoms with E-state index in [0.29, 0.717) is 19.3 Å². The molecule has 0 amide bonds. The smallest absolute Gasteiger partial charge is 0.0589 e. The summed E-state index contributed by atoms with van der Waals surface area (Å²) in [6.45, 7) is 5.87. The minimum Gasteiger partial charge on any atom is -0.393 e. The zero-order valence-corrected chi connectivity index (χ0v) is 11.3. The van der Waals surface area contributed by atoms with Crippen molar-refractivity contribution in [1.82, 2.24) is 0 Å². The van der Waals surface area contributed by atoms with Crippen LogP contribution in [0.4, 0.5) is 0 Å². The highest BCUT2D eigenvalue weighted by molar-refractivity contribution is 4.73. The molecule has 0 heterocycles. The molecule has 0 aromatic carbocycles. The molecule has 17 heavy (non-hydrogen) atoms. The summed E-state index contributed by atoms with van der Waals surface area (Å²) in [7, 11) is 0. The van der Waals surface area contributed by atoms with Gasteiger partial charge in [-0.05, 0) is 31.6 Å². The first-order valence-corrected chi connectivity index (χ1v) is 6.66. The van der Waals surface area contributed by atoms with Crippen molar-refractivity contribution in [1.29, 1.82) is 0 Å². The second-order valence-corrected chi connectivity index (χ2v) is 5.37. The molecule has 4 unspecified atom stereocenters. The van der Waals surface area contributed by atoms with Gasteiger partial charge < -0.3 is 21.1 Å². The number of nitrogens with two attached hydrogens (primary N) is 1. The zero-order valence-electron chi connectivity index (χ0n) is 11.3. The standard InChI is InChI=1S/C13H29NO3/c1-4-5-10(14)6-11(15)7-12(16)8-13(17)9(2)3/h9-13,15-17H,4-8,14H2,1-3H3. The third-order valence-corrected chi connectivity index (χ3v) is 3.06. The van der Waals surface area contributed by atoms with Gasteiger partial charge in [0, 0.05) is 6.04 Å². The molecule has 0 fully saturated rings. The summed E-state index contributed by atoms with van der Waals surface area (Å²) in [6.07, 6.45) is 1.27. The lowest BCUT2D eigenvalue weighted by molar-refractivity contribution is 0.0210. The molecule has 0 spiro atoms. The molecule has 0 saturated carbocycles. The van der Waals surface area contributed by atoms with E-state index in [0.717, 1.165) is 12.8 Å². The molecule has 4 heteroatoms. The van der Waals surface area contributed by atoms with Crippen molar-refractivity contribution in [3.63, 3.8) is 0 Å². The number of hydrogen-bond acceptors (Lipinski definition) is 4. The third-order valence-electron chi connectivity index (χ3n) is 3.06. The quantitative estimate of drug-likeness (QED) is 0.490. The minimum atomic E-state index is -0.656. The van der Waals surface area contributed by atoms with Gasteiger partial charge in [0.05, 0.1) is 18.3 Å². The van der Waals surface area contributed by atoms with Crippen LogP contribution < -0.4 is 5.73 Å². The van der Waals surface area contributed by atoms with Gasteiger partial charge >= 0.3 is 0 Å². The summed E-state index contributed by atoms with van der Waals surface area (Å²) in [4.78, 5) is 0. The maximum absolute atomic E-state index is 9.75. The first-order chi connectivity index (χ1) is 7.86. The van der Waals surface area contributed by atoms with E-state index in [1.54, 1.807) is 0 Å². The van der Waals surface area contributed by atoms with Crippen molar-refractivity contribution >= 4 is 0 Å². The first kappa shape index (κ1) is 16.8. The van der Waals surface area contributed by atoms with Gasteiger partial charge in [0.1, 0.15) is 0 Å². The molecule has 0 aliphatic heterocycles. The van der Waals surface area contributed by atoms with E-state index in [4.69, 9.17) is 5.73 Å². The van der Waals surface area contributed by atoms with Gasteiger partial charge in [-0.3, -0.25) is 0 Å². The highest BCUT2D eigenvalue weighted by Gasteiger charge is 2.19. The van der Waals surface area contributed by atoms with Crippen LogP contribution in [0, 0.1) is 5.92 Å². The lowest BCUT2D eigenvalue weighted by Gasteiger charge is -2.22. The molecule has 0 aromatic rings. The van der Waals surface area contributed by atoms with Crippen LogP contribution >= 0.6 is 0 Å². The molecule has 0 rings (SSSR count). The fourth-order valence-corrected chi connectivity index (χ4v) is 1.90. The largest absolute Gasteiger partial charge is 0.393 e. The van der Waals surface area contributed by atoms with Crippen molar-refractivity contribution in [2.24, 2.45) is 11.7 Å². The predicted octanol–water partition coefficient (Wildman–Crippen LogP) is 1.02. The van der Waals surface area contributed by atoms with E-state index in [-0.39, 0.29) is 12.0 Å². The van der Waals surface area contributed by atoms with E-state index >= 15 is 0 Å². The van der Waals surface area contributed by atoms with Crippen LogP contribution in [0.5, 0.6) is 0 Å². The molecular formula is C13H29NO3. The van der Waals surface area contributed by atoms with Crippen LogP contribution in [0.15, 0.2) is 0 Å². The second kappa shape index (κ2) is 8.86. The molecule has 0 aromatic heterocycles. The Hall–Kier alpha value is -0.160. The second-order valence-electron chi connectivity index (χ2n) is 5.37. The van der Waals surface area contributed by atoms with Gasteiger partial charge in [0.15, 0.2) is 0 Å². The molecule has 104 valence electrons. The topological polar surface area (TPSA) is 86.7 Å². The van der Waals surface area contributed by atoms with E-state index in [9.17, 15) is 15.3 Å². The number of aliphatic hydroxyl groups is 3. The monoisotopic (exact) mass is 247 g/mol. The van der Waals surface area contributed by atoms with Crippen molar-refractivity contribution in [2.45, 2.75) is 77.2 Å². The molecular weight excluding hydrogens is 218 g/mol. The number of rotatable bonds is 9. The Morgan fingerprint density at radius 1 is 0.941 bits per heavy atom. The summed E-state index contributed by atoms with van der Waals surface area (Å²) >= 11 is 0. The number of hydrogen-bond donors (Lipinski definition) is 4. The summed E-state index contributed by atoms with van der Waals surface area (Å²) in [5.41, 5.74) is 5.82. The average molecular weight is 247 g/mol. The van der Waals surface area contributed by atoms with Gasteiger partial charge in [-0.15, -0.1) is 0 Å². The van der Waals surface area contributed by atoms with Crippen molar-refractivity contribution in [3.8, 4) is 0 Å². The Morgan fingerprint density at radius 2 is 1.47 bits per heavy atom. The summed E-state index contributed by atoms with van der Waals surface area (Å²) < 4.78 is 0. The normalized spacial score (nSPS) is 19.1. The van der Waals surface area contributed by atoms with Gasteiger partial charge in [0.2, 0.25) is 0 Å². The molecule has 0 aliphatic rings. The van der Waals surface area contributed by atoms with Gasteiger partial charge in [-0.1, -0.05) is 27.2 Å². The van der Waals surface area contributed by atoms with E-state index in [1.807, 2.05) is 13.8 Å². The summed E-state index contributed by atoms with van der Waals surface area (Å²) in [5, 5.41) is 29.1. The Bertz CT molecular complexity index is 188. The molecule has 4 atom stereocenters. The molecule has 0 aliphatic carbocycles. The molecule has 5 N–H and O–H groups in total. The van der Waals surface area contributed by atoms with Crippen LogP contribution in [-0.4, -0.2) is 39.7 Å². The van der Waals surface area contributed by atoms with Crippen LogP contribution in [0.25, 0.3) is 0 Å².